The van der Waals surface area contributed by atoms with Crippen LogP contribution in [0, 0.1) is 20.8 Å². The Balaban J connectivity index is 1.61. The summed E-state index contributed by atoms with van der Waals surface area (Å²) in [7, 11) is 0. The number of carbonyl (C=O) groups is 2. The van der Waals surface area contributed by atoms with Crippen molar-refractivity contribution in [3.8, 4) is 0 Å². The maximum absolute atomic E-state index is 13.2. The van der Waals surface area contributed by atoms with E-state index in [9.17, 15) is 9.59 Å². The van der Waals surface area contributed by atoms with Crippen molar-refractivity contribution in [2.24, 2.45) is 4.99 Å². The lowest BCUT2D eigenvalue weighted by atomic mass is 10.0. The Morgan fingerprint density at radius 1 is 1.06 bits per heavy atom. The van der Waals surface area contributed by atoms with E-state index in [-0.39, 0.29) is 24.8 Å². The fourth-order valence-electron chi connectivity index (χ4n) is 3.54. The molecule has 6 nitrogen and oxygen atoms in total. The van der Waals surface area contributed by atoms with Gasteiger partial charge in [0.1, 0.15) is 12.2 Å². The van der Waals surface area contributed by atoms with E-state index in [2.05, 4.69) is 26.2 Å². The third-order valence-electron chi connectivity index (χ3n) is 5.48. The third-order valence-corrected chi connectivity index (χ3v) is 6.37. The Kier molecular flexibility index (Phi) is 6.19. The molecule has 2 aromatic carbocycles. The molecule has 7 heteroatoms. The van der Waals surface area contributed by atoms with E-state index in [0.717, 1.165) is 21.2 Å². The standard InChI is InChI=1S/C25H23BrN4O2/c1-15-6-7-18(11-16(15)2)22-13-24(32)30(25-21(29-22)5-4-10-27-25)14-23(31)28-19-8-9-20(26)17(3)12-19/h4-12H,13-14H2,1-3H3,(H,28,31). The number of aromatic nitrogens is 1. The molecule has 32 heavy (non-hydrogen) atoms. The minimum Gasteiger partial charge on any atom is -0.325 e. The quantitative estimate of drug-likeness (QED) is 0.541. The highest BCUT2D eigenvalue weighted by Crippen LogP contribution is 2.31. The van der Waals surface area contributed by atoms with Gasteiger partial charge in [-0.3, -0.25) is 14.5 Å². The molecule has 0 saturated heterocycles. The highest BCUT2D eigenvalue weighted by atomic mass is 79.9. The first-order chi connectivity index (χ1) is 15.3. The third kappa shape index (κ3) is 4.62. The monoisotopic (exact) mass is 490 g/mol. The van der Waals surface area contributed by atoms with Crippen molar-refractivity contribution in [2.75, 3.05) is 16.8 Å². The van der Waals surface area contributed by atoms with Gasteiger partial charge in [0.25, 0.3) is 0 Å². The first-order valence-electron chi connectivity index (χ1n) is 10.3. The second-order valence-electron chi connectivity index (χ2n) is 7.87. The van der Waals surface area contributed by atoms with Gasteiger partial charge in [0.15, 0.2) is 5.82 Å². The first-order valence-corrected chi connectivity index (χ1v) is 11.1. The second-order valence-corrected chi connectivity index (χ2v) is 8.73. The zero-order chi connectivity index (χ0) is 22.8. The van der Waals surface area contributed by atoms with Gasteiger partial charge in [0, 0.05) is 16.4 Å². The zero-order valence-electron chi connectivity index (χ0n) is 18.1. The number of benzene rings is 2. The van der Waals surface area contributed by atoms with Crippen LogP contribution < -0.4 is 10.2 Å². The van der Waals surface area contributed by atoms with Crippen LogP contribution in [0.3, 0.4) is 0 Å². The van der Waals surface area contributed by atoms with Crippen LogP contribution in [0.15, 0.2) is 64.2 Å². The Morgan fingerprint density at radius 3 is 2.62 bits per heavy atom. The number of aryl methyl sites for hydroxylation is 3. The number of amides is 2. The van der Waals surface area contributed by atoms with Crippen LogP contribution in [-0.4, -0.2) is 29.1 Å². The van der Waals surface area contributed by atoms with Crippen molar-refractivity contribution in [3.63, 3.8) is 0 Å². The molecule has 1 N–H and O–H groups in total. The molecule has 1 aliphatic heterocycles. The Hall–Kier alpha value is -3.32. The smallest absolute Gasteiger partial charge is 0.244 e. The van der Waals surface area contributed by atoms with Gasteiger partial charge >= 0.3 is 0 Å². The Morgan fingerprint density at radius 2 is 1.88 bits per heavy atom. The molecule has 2 heterocycles. The molecule has 0 bridgehead atoms. The summed E-state index contributed by atoms with van der Waals surface area (Å²) in [5, 5.41) is 2.87. The number of halogens is 1. The lowest BCUT2D eigenvalue weighted by Gasteiger charge is -2.20. The predicted octanol–water partition coefficient (Wildman–Crippen LogP) is 5.27. The minimum absolute atomic E-state index is 0.0868. The molecule has 0 saturated carbocycles. The fourth-order valence-corrected chi connectivity index (χ4v) is 3.79. The highest BCUT2D eigenvalue weighted by molar-refractivity contribution is 9.10. The normalized spacial score (nSPS) is 13.3. The van der Waals surface area contributed by atoms with Crippen LogP contribution in [0.1, 0.15) is 28.7 Å². The zero-order valence-corrected chi connectivity index (χ0v) is 19.7. The maximum Gasteiger partial charge on any atom is 0.244 e. The number of carbonyl (C=O) groups excluding carboxylic acids is 2. The van der Waals surface area contributed by atoms with Gasteiger partial charge in [-0.05, 0) is 79.4 Å². The van der Waals surface area contributed by atoms with Gasteiger partial charge in [-0.25, -0.2) is 9.98 Å². The highest BCUT2D eigenvalue weighted by Gasteiger charge is 2.28. The van der Waals surface area contributed by atoms with Gasteiger partial charge in [0.2, 0.25) is 11.8 Å². The average molecular weight is 491 g/mol. The van der Waals surface area contributed by atoms with E-state index >= 15 is 0 Å². The summed E-state index contributed by atoms with van der Waals surface area (Å²) < 4.78 is 0.965. The molecular formula is C25H23BrN4O2. The topological polar surface area (TPSA) is 74.7 Å². The Labute approximate surface area is 195 Å². The van der Waals surface area contributed by atoms with E-state index in [0.29, 0.717) is 22.9 Å². The number of aliphatic imine (C=N–C) groups is 1. The SMILES string of the molecule is Cc1ccc(C2=Nc3cccnc3N(CC(=O)Nc3ccc(Br)c(C)c3)C(=O)C2)cc1C. The van der Waals surface area contributed by atoms with Crippen LogP contribution in [0.4, 0.5) is 17.2 Å². The van der Waals surface area contributed by atoms with E-state index in [1.807, 2.05) is 63.2 Å². The van der Waals surface area contributed by atoms with Crippen molar-refractivity contribution in [2.45, 2.75) is 27.2 Å². The molecule has 2 amide bonds. The molecule has 1 aromatic heterocycles. The van der Waals surface area contributed by atoms with Crippen molar-refractivity contribution < 1.29 is 9.59 Å². The van der Waals surface area contributed by atoms with Gasteiger partial charge in [-0.1, -0.05) is 28.1 Å². The van der Waals surface area contributed by atoms with E-state index in [1.165, 1.54) is 10.5 Å². The summed E-state index contributed by atoms with van der Waals surface area (Å²) in [6.07, 6.45) is 1.69. The number of hydrogen-bond acceptors (Lipinski definition) is 4. The van der Waals surface area contributed by atoms with Crippen molar-refractivity contribution in [1.29, 1.82) is 0 Å². The van der Waals surface area contributed by atoms with E-state index in [1.54, 1.807) is 12.3 Å². The first kappa shape index (κ1) is 21.9. The molecule has 4 rings (SSSR count). The van der Waals surface area contributed by atoms with Gasteiger partial charge in [-0.15, -0.1) is 0 Å². The molecule has 0 radical (unpaired) electrons. The van der Waals surface area contributed by atoms with Crippen LogP contribution >= 0.6 is 15.9 Å². The minimum atomic E-state index is -0.300. The van der Waals surface area contributed by atoms with Crippen LogP contribution in [0.25, 0.3) is 0 Å². The summed E-state index contributed by atoms with van der Waals surface area (Å²) in [4.78, 5) is 36.5. The van der Waals surface area contributed by atoms with Crippen molar-refractivity contribution in [3.05, 3.63) is 81.5 Å². The fraction of sp³-hybridized carbons (Fsp3) is 0.200. The molecule has 3 aromatic rings. The van der Waals surface area contributed by atoms with Gasteiger partial charge < -0.3 is 5.32 Å². The molecular weight excluding hydrogens is 468 g/mol. The summed E-state index contributed by atoms with van der Waals surface area (Å²) in [5.74, 6) is -0.133. The van der Waals surface area contributed by atoms with Crippen molar-refractivity contribution >= 4 is 50.6 Å². The largest absolute Gasteiger partial charge is 0.325 e. The van der Waals surface area contributed by atoms with Crippen LogP contribution in [-0.2, 0) is 9.59 Å². The Bertz CT molecular complexity index is 1250. The number of fused-ring (bicyclic) bond motifs is 1. The van der Waals surface area contributed by atoms with Crippen LogP contribution in [0.5, 0.6) is 0 Å². The molecule has 1 aliphatic rings. The summed E-state index contributed by atoms with van der Waals surface area (Å²) in [6.45, 7) is 5.89. The number of nitrogens with zero attached hydrogens (tertiary/aromatic N) is 3. The van der Waals surface area contributed by atoms with E-state index < -0.39 is 0 Å². The molecule has 0 unspecified atom stereocenters. The predicted molar refractivity (Wildman–Crippen MR) is 131 cm³/mol. The summed E-state index contributed by atoms with van der Waals surface area (Å²) >= 11 is 3.46. The lowest BCUT2D eigenvalue weighted by Crippen LogP contribution is -2.39. The molecule has 0 spiro atoms. The van der Waals surface area contributed by atoms with Gasteiger partial charge in [0.05, 0.1) is 12.1 Å². The maximum atomic E-state index is 13.2. The average Bonchev–Trinajstić information content (AvgIpc) is 2.89. The molecule has 162 valence electrons. The molecule has 0 atom stereocenters. The van der Waals surface area contributed by atoms with Crippen molar-refractivity contribution in [1.82, 2.24) is 4.98 Å². The number of hydrogen-bond donors (Lipinski definition) is 1. The number of anilines is 2. The second kappa shape index (κ2) is 9.04. The number of nitrogens with one attached hydrogen (secondary N) is 1. The summed E-state index contributed by atoms with van der Waals surface area (Å²) in [5.41, 5.74) is 6.12. The molecule has 0 fully saturated rings. The lowest BCUT2D eigenvalue weighted by molar-refractivity contribution is -0.120. The van der Waals surface area contributed by atoms with E-state index in [4.69, 9.17) is 4.99 Å². The van der Waals surface area contributed by atoms with Crippen LogP contribution in [0.2, 0.25) is 0 Å². The number of rotatable bonds is 4. The van der Waals surface area contributed by atoms with Gasteiger partial charge in [-0.2, -0.15) is 0 Å². The number of pyridine rings is 1. The summed E-state index contributed by atoms with van der Waals surface area (Å²) in [6, 6.07) is 15.2. The molecule has 0 aliphatic carbocycles.